The van der Waals surface area contributed by atoms with E-state index in [1.165, 1.54) is 44.3 Å². The van der Waals surface area contributed by atoms with Crippen LogP contribution in [-0.4, -0.2) is 36.3 Å². The van der Waals surface area contributed by atoms with Crippen molar-refractivity contribution in [2.75, 3.05) is 26.3 Å². The molecule has 2 fully saturated rings. The smallest absolute Gasteiger partial charge is 0.119 e. The van der Waals surface area contributed by atoms with E-state index in [-0.39, 0.29) is 6.61 Å². The van der Waals surface area contributed by atoms with E-state index >= 15 is 0 Å². The zero-order valence-corrected chi connectivity index (χ0v) is 12.1. The van der Waals surface area contributed by atoms with Gasteiger partial charge in [-0.05, 0) is 48.8 Å². The lowest BCUT2D eigenvalue weighted by Gasteiger charge is -2.41. The molecule has 2 bridgehead atoms. The van der Waals surface area contributed by atoms with Gasteiger partial charge in [0.15, 0.2) is 0 Å². The molecule has 1 saturated carbocycles. The predicted molar refractivity (Wildman–Crippen MR) is 79.7 cm³/mol. The van der Waals surface area contributed by atoms with Crippen LogP contribution in [0.2, 0.25) is 0 Å². The lowest BCUT2D eigenvalue weighted by molar-refractivity contribution is 0.0807. The molecule has 1 heterocycles. The monoisotopic (exact) mass is 275 g/mol. The molecule has 0 radical (unpaired) electrons. The number of likely N-dealkylation sites (tertiary alicyclic amines) is 1. The van der Waals surface area contributed by atoms with Gasteiger partial charge in [-0.2, -0.15) is 0 Å². The summed E-state index contributed by atoms with van der Waals surface area (Å²) >= 11 is 0. The number of hydrogen-bond acceptors (Lipinski definition) is 3. The number of rotatable bonds is 5. The summed E-state index contributed by atoms with van der Waals surface area (Å²) in [7, 11) is 0. The number of aliphatic hydroxyl groups is 1. The summed E-state index contributed by atoms with van der Waals surface area (Å²) in [6.07, 6.45) is 5.74. The molecule has 1 aromatic carbocycles. The molecule has 3 nitrogen and oxygen atoms in total. The van der Waals surface area contributed by atoms with Crippen LogP contribution in [0.5, 0.6) is 5.75 Å². The molecule has 1 saturated heterocycles. The number of ether oxygens (including phenoxy) is 1. The summed E-state index contributed by atoms with van der Waals surface area (Å²) in [5.74, 6) is 2.72. The fourth-order valence-electron chi connectivity index (χ4n) is 3.82. The van der Waals surface area contributed by atoms with Crippen LogP contribution in [0.15, 0.2) is 24.3 Å². The number of fused-ring (bicyclic) bond motifs is 2. The first-order chi connectivity index (χ1) is 9.83. The summed E-state index contributed by atoms with van der Waals surface area (Å²) < 4.78 is 5.49. The van der Waals surface area contributed by atoms with Crippen LogP contribution in [0, 0.1) is 11.8 Å². The summed E-state index contributed by atoms with van der Waals surface area (Å²) in [4.78, 5) is 2.61. The number of piperidine rings is 1. The molecule has 3 heteroatoms. The van der Waals surface area contributed by atoms with Gasteiger partial charge < -0.3 is 9.84 Å². The van der Waals surface area contributed by atoms with E-state index in [0.29, 0.717) is 6.61 Å². The van der Waals surface area contributed by atoms with Crippen molar-refractivity contribution in [3.63, 3.8) is 0 Å². The van der Waals surface area contributed by atoms with Gasteiger partial charge in [0, 0.05) is 19.6 Å². The highest BCUT2D eigenvalue weighted by atomic mass is 16.5. The minimum atomic E-state index is 0.0692. The molecule has 1 N–H and O–H groups in total. The first-order valence-electron chi connectivity index (χ1n) is 7.88. The van der Waals surface area contributed by atoms with Gasteiger partial charge in [0.25, 0.3) is 0 Å². The molecule has 20 heavy (non-hydrogen) atoms. The zero-order valence-electron chi connectivity index (χ0n) is 12.1. The summed E-state index contributed by atoms with van der Waals surface area (Å²) in [6, 6.07) is 8.30. The van der Waals surface area contributed by atoms with Gasteiger partial charge >= 0.3 is 0 Å². The average molecular weight is 275 g/mol. The third-order valence-corrected chi connectivity index (χ3v) is 4.59. The summed E-state index contributed by atoms with van der Waals surface area (Å²) in [5.41, 5.74) is 1.32. The van der Waals surface area contributed by atoms with Gasteiger partial charge in [0.1, 0.15) is 12.4 Å². The SMILES string of the molecule is OCCOc1cccc(CN2C[C@H]3CCC[C@@H](C3)C2)c1. The Morgan fingerprint density at radius 1 is 1.20 bits per heavy atom. The van der Waals surface area contributed by atoms with Crippen LogP contribution in [0.1, 0.15) is 31.2 Å². The lowest BCUT2D eigenvalue weighted by Crippen LogP contribution is -2.42. The maximum absolute atomic E-state index is 8.82. The molecule has 0 amide bonds. The molecule has 0 unspecified atom stereocenters. The van der Waals surface area contributed by atoms with Crippen molar-refractivity contribution in [2.24, 2.45) is 11.8 Å². The molecule has 0 aromatic heterocycles. The molecule has 3 rings (SSSR count). The van der Waals surface area contributed by atoms with E-state index in [1.807, 2.05) is 12.1 Å². The molecule has 1 aliphatic heterocycles. The first kappa shape index (κ1) is 13.9. The van der Waals surface area contributed by atoms with Gasteiger partial charge in [0.05, 0.1) is 6.61 Å². The highest BCUT2D eigenvalue weighted by molar-refractivity contribution is 5.28. The molecule has 2 atom stereocenters. The fraction of sp³-hybridized carbons (Fsp3) is 0.647. The summed E-state index contributed by atoms with van der Waals surface area (Å²) in [5, 5.41) is 8.82. The molecule has 110 valence electrons. The largest absolute Gasteiger partial charge is 0.491 e. The van der Waals surface area contributed by atoms with E-state index in [2.05, 4.69) is 17.0 Å². The zero-order chi connectivity index (χ0) is 13.8. The number of nitrogens with zero attached hydrogens (tertiary/aromatic N) is 1. The van der Waals surface area contributed by atoms with Crippen molar-refractivity contribution in [1.29, 1.82) is 0 Å². The maximum Gasteiger partial charge on any atom is 0.119 e. The topological polar surface area (TPSA) is 32.7 Å². The molecule has 1 aromatic rings. The van der Waals surface area contributed by atoms with Crippen LogP contribution in [0.3, 0.4) is 0 Å². The van der Waals surface area contributed by atoms with Crippen LogP contribution < -0.4 is 4.74 Å². The van der Waals surface area contributed by atoms with Gasteiger partial charge in [0.2, 0.25) is 0 Å². The van der Waals surface area contributed by atoms with Crippen LogP contribution in [0.4, 0.5) is 0 Å². The second-order valence-electron chi connectivity index (χ2n) is 6.31. The Bertz CT molecular complexity index is 423. The minimum absolute atomic E-state index is 0.0692. The van der Waals surface area contributed by atoms with E-state index in [9.17, 15) is 0 Å². The fourth-order valence-corrected chi connectivity index (χ4v) is 3.82. The Labute approximate surface area is 121 Å². The molecular weight excluding hydrogens is 250 g/mol. The first-order valence-corrected chi connectivity index (χ1v) is 7.88. The minimum Gasteiger partial charge on any atom is -0.491 e. The van der Waals surface area contributed by atoms with Crippen molar-refractivity contribution in [3.05, 3.63) is 29.8 Å². The maximum atomic E-state index is 8.82. The van der Waals surface area contributed by atoms with E-state index in [4.69, 9.17) is 9.84 Å². The molecular formula is C17H25NO2. The van der Waals surface area contributed by atoms with Crippen molar-refractivity contribution >= 4 is 0 Å². The molecule has 1 aliphatic carbocycles. The summed E-state index contributed by atoms with van der Waals surface area (Å²) in [6.45, 7) is 4.00. The van der Waals surface area contributed by atoms with Gasteiger partial charge in [-0.15, -0.1) is 0 Å². The van der Waals surface area contributed by atoms with E-state index in [1.54, 1.807) is 0 Å². The van der Waals surface area contributed by atoms with Crippen LogP contribution in [0.25, 0.3) is 0 Å². The quantitative estimate of drug-likeness (QED) is 0.897. The predicted octanol–water partition coefficient (Wildman–Crippen LogP) is 2.68. The Morgan fingerprint density at radius 3 is 2.75 bits per heavy atom. The highest BCUT2D eigenvalue weighted by Gasteiger charge is 2.30. The standard InChI is InChI=1S/C17H25NO2/c19-7-8-20-17-6-2-5-16(10-17)13-18-11-14-3-1-4-15(9-14)12-18/h2,5-6,10,14-15,19H,1,3-4,7-9,11-13H2/t14-,15-/m0/s1. The van der Waals surface area contributed by atoms with Crippen LogP contribution in [-0.2, 0) is 6.54 Å². The second-order valence-corrected chi connectivity index (χ2v) is 6.31. The second kappa shape index (κ2) is 6.59. The number of benzene rings is 1. The van der Waals surface area contributed by atoms with Crippen LogP contribution >= 0.6 is 0 Å². The van der Waals surface area contributed by atoms with Crippen molar-refractivity contribution in [2.45, 2.75) is 32.2 Å². The normalized spacial score (nSPS) is 26.4. The Morgan fingerprint density at radius 2 is 2.00 bits per heavy atom. The van der Waals surface area contributed by atoms with E-state index in [0.717, 1.165) is 24.1 Å². The Hall–Kier alpha value is -1.06. The molecule has 0 spiro atoms. The number of aliphatic hydroxyl groups excluding tert-OH is 1. The Balaban J connectivity index is 1.59. The van der Waals surface area contributed by atoms with Crippen molar-refractivity contribution in [1.82, 2.24) is 4.90 Å². The third kappa shape index (κ3) is 3.53. The van der Waals surface area contributed by atoms with Gasteiger partial charge in [-0.1, -0.05) is 18.6 Å². The highest BCUT2D eigenvalue weighted by Crippen LogP contribution is 2.34. The number of hydrogen-bond donors (Lipinski definition) is 1. The lowest BCUT2D eigenvalue weighted by atomic mass is 9.78. The molecule has 2 aliphatic rings. The van der Waals surface area contributed by atoms with Crippen molar-refractivity contribution in [3.8, 4) is 5.75 Å². The van der Waals surface area contributed by atoms with E-state index < -0.39 is 0 Å². The Kier molecular flexibility index (Phi) is 4.58. The third-order valence-electron chi connectivity index (χ3n) is 4.59. The van der Waals surface area contributed by atoms with Gasteiger partial charge in [-0.3, -0.25) is 4.90 Å². The van der Waals surface area contributed by atoms with Gasteiger partial charge in [-0.25, -0.2) is 0 Å². The average Bonchev–Trinajstić information content (AvgIpc) is 2.45. The van der Waals surface area contributed by atoms with Crippen molar-refractivity contribution < 1.29 is 9.84 Å².